The van der Waals surface area contributed by atoms with Gasteiger partial charge in [-0.05, 0) is 74.0 Å². The van der Waals surface area contributed by atoms with Crippen LogP contribution in [0.15, 0.2) is 0 Å². The van der Waals surface area contributed by atoms with Gasteiger partial charge in [0.1, 0.15) is 11.9 Å². The molecule has 0 aliphatic heterocycles. The number of Topliss-reactive ketones (excluding diaryl/α,β-unsaturated/α-hetero) is 1. The van der Waals surface area contributed by atoms with E-state index in [4.69, 9.17) is 4.74 Å². The first-order valence-electron chi connectivity index (χ1n) is 10.1. The summed E-state index contributed by atoms with van der Waals surface area (Å²) in [5, 5.41) is 0. The van der Waals surface area contributed by atoms with Crippen molar-refractivity contribution in [2.45, 2.75) is 83.1 Å². The summed E-state index contributed by atoms with van der Waals surface area (Å²) >= 11 is 3.74. The number of fused-ring (bicyclic) bond motifs is 5. The van der Waals surface area contributed by atoms with Crippen LogP contribution in [0.3, 0.4) is 0 Å². The van der Waals surface area contributed by atoms with E-state index >= 15 is 0 Å². The fraction of sp³-hybridized carbons (Fsp3) is 0.905. The maximum absolute atomic E-state index is 12.2. The molecule has 4 aliphatic carbocycles. The fourth-order valence-electron chi connectivity index (χ4n) is 7.44. The van der Waals surface area contributed by atoms with Crippen molar-refractivity contribution in [2.75, 3.05) is 0 Å². The van der Waals surface area contributed by atoms with Crippen LogP contribution in [-0.4, -0.2) is 22.7 Å². The minimum atomic E-state index is -0.127. The molecule has 4 aliphatic rings. The molecule has 4 rings (SSSR count). The lowest BCUT2D eigenvalue weighted by atomic mass is 9.45. The fourth-order valence-corrected chi connectivity index (χ4v) is 8.53. The highest BCUT2D eigenvalue weighted by molar-refractivity contribution is 9.10. The maximum Gasteiger partial charge on any atom is 0.302 e. The molecule has 3 nitrogen and oxygen atoms in total. The Kier molecular flexibility index (Phi) is 4.37. The van der Waals surface area contributed by atoms with Gasteiger partial charge in [-0.25, -0.2) is 0 Å². The summed E-state index contributed by atoms with van der Waals surface area (Å²) in [4.78, 5) is 23.8. The molecule has 4 fully saturated rings. The normalized spacial score (nSPS) is 52.1. The monoisotopic (exact) mass is 410 g/mol. The van der Waals surface area contributed by atoms with Gasteiger partial charge < -0.3 is 4.74 Å². The van der Waals surface area contributed by atoms with Gasteiger partial charge in [0.25, 0.3) is 0 Å². The lowest BCUT2D eigenvalue weighted by Gasteiger charge is -2.60. The average Bonchev–Trinajstić information content (AvgIpc) is 2.88. The molecule has 4 heteroatoms. The lowest BCUT2D eigenvalue weighted by molar-refractivity contribution is -0.161. The summed E-state index contributed by atoms with van der Waals surface area (Å²) in [7, 11) is 0. The smallest absolute Gasteiger partial charge is 0.302 e. The first-order valence-corrected chi connectivity index (χ1v) is 11.0. The van der Waals surface area contributed by atoms with Crippen LogP contribution >= 0.6 is 15.9 Å². The quantitative estimate of drug-likeness (QED) is 0.455. The van der Waals surface area contributed by atoms with Crippen molar-refractivity contribution in [1.82, 2.24) is 0 Å². The summed E-state index contributed by atoms with van der Waals surface area (Å²) in [6.45, 7) is 6.39. The number of esters is 1. The standard InChI is InChI=1S/C21H31BrO3/c1-12(23)25-18-7-6-14-13-4-5-16-19(22)17(24)9-11-20(16,2)15(13)8-10-21(14,18)3/h13-16,18-19H,4-11H2,1-3H3/t13-,14+,15+,16+,18+,19-,20+,21-/m0/s1. The summed E-state index contributed by atoms with van der Waals surface area (Å²) in [6, 6.07) is 0. The molecule has 0 N–H and O–H groups in total. The number of rotatable bonds is 1. The molecule has 0 aromatic carbocycles. The molecule has 0 aromatic rings. The van der Waals surface area contributed by atoms with Crippen LogP contribution in [0.1, 0.15) is 72.1 Å². The summed E-state index contributed by atoms with van der Waals surface area (Å²) in [5.41, 5.74) is 0.458. The zero-order chi connectivity index (χ0) is 18.0. The molecule has 0 spiro atoms. The number of alkyl halides is 1. The third-order valence-electron chi connectivity index (χ3n) is 8.73. The Morgan fingerprint density at radius 3 is 2.40 bits per heavy atom. The second-order valence-corrected chi connectivity index (χ2v) is 10.6. The molecular weight excluding hydrogens is 380 g/mol. The van der Waals surface area contributed by atoms with Gasteiger partial charge in [-0.2, -0.15) is 0 Å². The van der Waals surface area contributed by atoms with Crippen molar-refractivity contribution in [2.24, 2.45) is 34.5 Å². The predicted molar refractivity (Wildman–Crippen MR) is 100 cm³/mol. The molecule has 8 atom stereocenters. The zero-order valence-corrected chi connectivity index (χ0v) is 17.3. The molecule has 0 radical (unpaired) electrons. The number of hydrogen-bond acceptors (Lipinski definition) is 3. The second kappa shape index (κ2) is 6.07. The highest BCUT2D eigenvalue weighted by Crippen LogP contribution is 2.66. The van der Waals surface area contributed by atoms with Crippen molar-refractivity contribution >= 4 is 27.7 Å². The van der Waals surface area contributed by atoms with Crippen molar-refractivity contribution in [3.8, 4) is 0 Å². The average molecular weight is 411 g/mol. The van der Waals surface area contributed by atoms with Crippen LogP contribution in [0.5, 0.6) is 0 Å². The van der Waals surface area contributed by atoms with E-state index in [-0.39, 0.29) is 22.3 Å². The van der Waals surface area contributed by atoms with E-state index in [2.05, 4.69) is 29.8 Å². The minimum Gasteiger partial charge on any atom is -0.462 e. The highest BCUT2D eigenvalue weighted by Gasteiger charge is 2.62. The van der Waals surface area contributed by atoms with Gasteiger partial charge in [0, 0.05) is 18.8 Å². The van der Waals surface area contributed by atoms with E-state index in [1.807, 2.05) is 0 Å². The van der Waals surface area contributed by atoms with Gasteiger partial charge in [-0.15, -0.1) is 0 Å². The van der Waals surface area contributed by atoms with Crippen molar-refractivity contribution in [3.63, 3.8) is 0 Å². The zero-order valence-electron chi connectivity index (χ0n) is 15.7. The Hall–Kier alpha value is -0.380. The molecular formula is C21H31BrO3. The number of hydrogen-bond donors (Lipinski definition) is 0. The molecule has 0 amide bonds. The first-order chi connectivity index (χ1) is 11.8. The number of ketones is 1. The van der Waals surface area contributed by atoms with Gasteiger partial charge in [-0.3, -0.25) is 9.59 Å². The molecule has 0 saturated heterocycles. The lowest BCUT2D eigenvalue weighted by Crippen LogP contribution is -2.56. The van der Waals surface area contributed by atoms with Crippen LogP contribution in [-0.2, 0) is 14.3 Å². The van der Waals surface area contributed by atoms with E-state index < -0.39 is 0 Å². The van der Waals surface area contributed by atoms with Crippen LogP contribution < -0.4 is 0 Å². The molecule has 0 aromatic heterocycles. The molecule has 25 heavy (non-hydrogen) atoms. The summed E-state index contributed by atoms with van der Waals surface area (Å²) in [5.74, 6) is 2.95. The van der Waals surface area contributed by atoms with E-state index in [0.29, 0.717) is 23.0 Å². The SMILES string of the molecule is CC(=O)O[C@@H]1CC[C@@H]2[C@@H]3CC[C@@H]4[C@H](Br)C(=O)CC[C@]4(C)[C@@H]3CC[C@@]21C. The third kappa shape index (κ3) is 2.56. The second-order valence-electron chi connectivity index (χ2n) is 9.65. The van der Waals surface area contributed by atoms with Crippen LogP contribution in [0.25, 0.3) is 0 Å². The van der Waals surface area contributed by atoms with Gasteiger partial charge >= 0.3 is 5.97 Å². The molecule has 140 valence electrons. The van der Waals surface area contributed by atoms with Crippen LogP contribution in [0.4, 0.5) is 0 Å². The van der Waals surface area contributed by atoms with Crippen molar-refractivity contribution < 1.29 is 14.3 Å². The van der Waals surface area contributed by atoms with Gasteiger partial charge in [0.15, 0.2) is 0 Å². The molecule has 0 bridgehead atoms. The highest BCUT2D eigenvalue weighted by atomic mass is 79.9. The van der Waals surface area contributed by atoms with E-state index in [1.54, 1.807) is 6.92 Å². The Balaban J connectivity index is 1.60. The van der Waals surface area contributed by atoms with Crippen LogP contribution in [0, 0.1) is 34.5 Å². The largest absolute Gasteiger partial charge is 0.462 e. The number of ether oxygens (including phenoxy) is 1. The van der Waals surface area contributed by atoms with Crippen molar-refractivity contribution in [1.29, 1.82) is 0 Å². The summed E-state index contributed by atoms with van der Waals surface area (Å²) < 4.78 is 5.74. The van der Waals surface area contributed by atoms with Gasteiger partial charge in [-0.1, -0.05) is 29.8 Å². The Bertz CT molecular complexity index is 590. The molecule has 0 heterocycles. The summed E-state index contributed by atoms with van der Waals surface area (Å²) in [6.07, 6.45) is 8.96. The minimum absolute atomic E-state index is 0.0675. The Labute approximate surface area is 159 Å². The van der Waals surface area contributed by atoms with E-state index in [9.17, 15) is 9.59 Å². The maximum atomic E-state index is 12.2. The van der Waals surface area contributed by atoms with E-state index in [0.717, 1.165) is 31.1 Å². The van der Waals surface area contributed by atoms with Gasteiger partial charge in [0.2, 0.25) is 0 Å². The van der Waals surface area contributed by atoms with Crippen molar-refractivity contribution in [3.05, 3.63) is 0 Å². The van der Waals surface area contributed by atoms with Gasteiger partial charge in [0.05, 0.1) is 4.83 Å². The number of halogens is 1. The number of carbonyl (C=O) groups excluding carboxylic acids is 2. The third-order valence-corrected chi connectivity index (χ3v) is 9.88. The predicted octanol–water partition coefficient (Wildman–Crippen LogP) is 4.90. The number of carbonyl (C=O) groups is 2. The molecule has 0 unspecified atom stereocenters. The Morgan fingerprint density at radius 1 is 1.00 bits per heavy atom. The van der Waals surface area contributed by atoms with Crippen LogP contribution in [0.2, 0.25) is 0 Å². The molecule has 4 saturated carbocycles. The first kappa shape index (κ1) is 18.0. The topological polar surface area (TPSA) is 43.4 Å². The Morgan fingerprint density at radius 2 is 1.68 bits per heavy atom. The van der Waals surface area contributed by atoms with E-state index in [1.165, 1.54) is 32.1 Å².